The summed E-state index contributed by atoms with van der Waals surface area (Å²) in [5.74, 6) is 0.654. The van der Waals surface area contributed by atoms with Crippen molar-refractivity contribution >= 4 is 22.9 Å². The Morgan fingerprint density at radius 3 is 2.71 bits per heavy atom. The van der Waals surface area contributed by atoms with Gasteiger partial charge in [-0.25, -0.2) is 14.8 Å². The Morgan fingerprint density at radius 2 is 2.03 bits per heavy atom. The minimum Gasteiger partial charge on any atom is -0.441 e. The number of nitrogens with zero attached hydrogens (tertiary/aromatic N) is 6. The third-order valence-electron chi connectivity index (χ3n) is 7.63. The Hall–Kier alpha value is -3.51. The van der Waals surface area contributed by atoms with Crippen molar-refractivity contribution < 1.29 is 14.6 Å². The average Bonchev–Trinajstić information content (AvgIpc) is 3.36. The van der Waals surface area contributed by atoms with Crippen molar-refractivity contribution in [1.82, 2.24) is 19.5 Å². The lowest BCUT2D eigenvalue weighted by atomic mass is 9.63. The zero-order valence-corrected chi connectivity index (χ0v) is 20.5. The van der Waals surface area contributed by atoms with Gasteiger partial charge in [0.2, 0.25) is 0 Å². The minimum atomic E-state index is -1.11. The Morgan fingerprint density at radius 1 is 1.23 bits per heavy atom. The van der Waals surface area contributed by atoms with Crippen molar-refractivity contribution in [3.05, 3.63) is 48.2 Å². The van der Waals surface area contributed by atoms with E-state index in [0.29, 0.717) is 23.6 Å². The zero-order valence-electron chi connectivity index (χ0n) is 20.5. The summed E-state index contributed by atoms with van der Waals surface area (Å²) in [6.07, 6.45) is 6.84. The largest absolute Gasteiger partial charge is 0.441 e. The second-order valence-corrected chi connectivity index (χ2v) is 11.1. The van der Waals surface area contributed by atoms with Gasteiger partial charge in [0.05, 0.1) is 53.6 Å². The SMILES string of the molecule is CC(C)(O)c1cnc(N2C[C@@]3(CCC(C)(C)C(Cn4cnc5ccc(C#N)cc54)C3)OC2=O)cn1. The van der Waals surface area contributed by atoms with E-state index in [0.717, 1.165) is 36.8 Å². The number of anilines is 1. The van der Waals surface area contributed by atoms with E-state index in [-0.39, 0.29) is 11.3 Å². The highest BCUT2D eigenvalue weighted by Crippen LogP contribution is 2.49. The van der Waals surface area contributed by atoms with Gasteiger partial charge in [-0.3, -0.25) is 9.88 Å². The molecule has 1 unspecified atom stereocenters. The lowest BCUT2D eigenvalue weighted by molar-refractivity contribution is -0.0417. The first kappa shape index (κ1) is 23.2. The van der Waals surface area contributed by atoms with Crippen molar-refractivity contribution in [2.45, 2.75) is 64.7 Å². The highest BCUT2D eigenvalue weighted by atomic mass is 16.6. The quantitative estimate of drug-likeness (QED) is 0.604. The van der Waals surface area contributed by atoms with E-state index in [4.69, 9.17) is 4.74 Å². The van der Waals surface area contributed by atoms with E-state index >= 15 is 0 Å². The van der Waals surface area contributed by atoms with Gasteiger partial charge in [-0.05, 0) is 62.6 Å². The zero-order chi connectivity index (χ0) is 25.0. The molecule has 1 aliphatic heterocycles. The van der Waals surface area contributed by atoms with Crippen LogP contribution in [-0.4, -0.2) is 42.9 Å². The maximum Gasteiger partial charge on any atom is 0.416 e. The van der Waals surface area contributed by atoms with E-state index in [1.165, 1.54) is 12.4 Å². The van der Waals surface area contributed by atoms with Crippen LogP contribution in [0.15, 0.2) is 36.9 Å². The summed E-state index contributed by atoms with van der Waals surface area (Å²) >= 11 is 0. The van der Waals surface area contributed by atoms with Crippen LogP contribution in [0.2, 0.25) is 0 Å². The van der Waals surface area contributed by atoms with Gasteiger partial charge in [-0.15, -0.1) is 0 Å². The van der Waals surface area contributed by atoms with E-state index in [9.17, 15) is 15.2 Å². The molecule has 3 heterocycles. The molecule has 1 saturated carbocycles. The van der Waals surface area contributed by atoms with Gasteiger partial charge in [-0.2, -0.15) is 5.26 Å². The monoisotopic (exact) mass is 474 g/mol. The fourth-order valence-electron chi connectivity index (χ4n) is 5.22. The van der Waals surface area contributed by atoms with E-state index in [1.807, 2.05) is 18.5 Å². The number of carbonyl (C=O) groups is 1. The van der Waals surface area contributed by atoms with Gasteiger partial charge in [0.25, 0.3) is 0 Å². The molecule has 1 aromatic carbocycles. The van der Waals surface area contributed by atoms with Crippen LogP contribution in [0.3, 0.4) is 0 Å². The van der Waals surface area contributed by atoms with E-state index in [1.54, 1.807) is 24.8 Å². The summed E-state index contributed by atoms with van der Waals surface area (Å²) in [5.41, 5.74) is 1.19. The molecule has 3 aromatic rings. The molecule has 5 rings (SSSR count). The fourth-order valence-corrected chi connectivity index (χ4v) is 5.22. The second-order valence-electron chi connectivity index (χ2n) is 11.1. The van der Waals surface area contributed by atoms with Crippen LogP contribution in [0.5, 0.6) is 0 Å². The van der Waals surface area contributed by atoms with Crippen LogP contribution in [0.1, 0.15) is 58.2 Å². The Kier molecular flexibility index (Phi) is 5.33. The molecule has 9 heteroatoms. The third kappa shape index (κ3) is 4.23. The number of hydrogen-bond acceptors (Lipinski definition) is 7. The lowest BCUT2D eigenvalue weighted by Gasteiger charge is -2.46. The van der Waals surface area contributed by atoms with Gasteiger partial charge in [-0.1, -0.05) is 13.8 Å². The number of amides is 1. The number of aromatic nitrogens is 4. The summed E-state index contributed by atoms with van der Waals surface area (Å²) in [6.45, 7) is 8.95. The van der Waals surface area contributed by atoms with Crippen LogP contribution in [0, 0.1) is 22.7 Å². The van der Waals surface area contributed by atoms with Crippen LogP contribution in [0.25, 0.3) is 11.0 Å². The first-order valence-corrected chi connectivity index (χ1v) is 11.9. The number of nitriles is 1. The number of carbonyl (C=O) groups excluding carboxylic acids is 1. The number of benzene rings is 1. The topological polar surface area (TPSA) is 117 Å². The highest BCUT2D eigenvalue weighted by molar-refractivity contribution is 5.89. The molecule has 2 atom stereocenters. The number of rotatable bonds is 4. The van der Waals surface area contributed by atoms with Crippen molar-refractivity contribution in [2.75, 3.05) is 11.4 Å². The molecule has 0 bridgehead atoms. The van der Waals surface area contributed by atoms with Gasteiger partial charge in [0, 0.05) is 6.54 Å². The first-order chi connectivity index (χ1) is 16.5. The first-order valence-electron chi connectivity index (χ1n) is 11.9. The van der Waals surface area contributed by atoms with Gasteiger partial charge < -0.3 is 14.4 Å². The molecule has 1 saturated heterocycles. The Bertz CT molecular complexity index is 1320. The molecule has 9 nitrogen and oxygen atoms in total. The summed E-state index contributed by atoms with van der Waals surface area (Å²) in [4.78, 5) is 27.6. The number of hydrogen-bond donors (Lipinski definition) is 1. The van der Waals surface area contributed by atoms with Gasteiger partial charge in [0.1, 0.15) is 11.2 Å². The standard InChI is InChI=1S/C26H30N6O3/c1-24(2)7-8-26(10-18(24)14-31-16-30-19-6-5-17(11-27)9-20(19)31)15-32(23(33)35-26)22-13-28-21(12-29-22)25(3,4)34/h5-6,9,12-13,16,18,34H,7-8,10,14-15H2,1-4H3/t18?,26-/m0/s1. The van der Waals surface area contributed by atoms with Crippen LogP contribution in [0.4, 0.5) is 10.6 Å². The van der Waals surface area contributed by atoms with E-state index < -0.39 is 17.3 Å². The predicted octanol–water partition coefficient (Wildman–Crippen LogP) is 4.15. The van der Waals surface area contributed by atoms with Gasteiger partial charge in [0.15, 0.2) is 5.82 Å². The molecule has 2 aromatic heterocycles. The number of fused-ring (bicyclic) bond motifs is 1. The molecule has 1 aliphatic carbocycles. The van der Waals surface area contributed by atoms with E-state index in [2.05, 4.69) is 39.4 Å². The maximum atomic E-state index is 12.9. The maximum absolute atomic E-state index is 12.9. The lowest BCUT2D eigenvalue weighted by Crippen LogP contribution is -2.47. The molecule has 182 valence electrons. The molecular weight excluding hydrogens is 444 g/mol. The third-order valence-corrected chi connectivity index (χ3v) is 7.63. The van der Waals surface area contributed by atoms with Crippen LogP contribution in [-0.2, 0) is 16.9 Å². The van der Waals surface area contributed by atoms with Crippen molar-refractivity contribution in [1.29, 1.82) is 5.26 Å². The molecule has 0 radical (unpaired) electrons. The van der Waals surface area contributed by atoms with Crippen molar-refractivity contribution in [2.24, 2.45) is 11.3 Å². The average molecular weight is 475 g/mol. The highest BCUT2D eigenvalue weighted by Gasteiger charge is 2.53. The summed E-state index contributed by atoms with van der Waals surface area (Å²) in [7, 11) is 0. The molecule has 1 N–H and O–H groups in total. The molecule has 35 heavy (non-hydrogen) atoms. The number of ether oxygens (including phenoxy) is 1. The molecule has 1 amide bonds. The van der Waals surface area contributed by atoms with Crippen LogP contribution >= 0.6 is 0 Å². The second kappa shape index (κ2) is 8.02. The van der Waals surface area contributed by atoms with Crippen LogP contribution < -0.4 is 4.90 Å². The summed E-state index contributed by atoms with van der Waals surface area (Å²) in [6, 6.07) is 7.73. The smallest absolute Gasteiger partial charge is 0.416 e. The molecule has 2 fully saturated rings. The van der Waals surface area contributed by atoms with Crippen molar-refractivity contribution in [3.63, 3.8) is 0 Å². The fraction of sp³-hybridized carbons (Fsp3) is 0.500. The van der Waals surface area contributed by atoms with Crippen molar-refractivity contribution in [3.8, 4) is 6.07 Å². The number of imidazole rings is 1. The summed E-state index contributed by atoms with van der Waals surface area (Å²) in [5, 5.41) is 19.5. The van der Waals surface area contributed by atoms with Gasteiger partial charge >= 0.3 is 6.09 Å². The normalized spacial score (nSPS) is 24.1. The molecule has 2 aliphatic rings. The Balaban J connectivity index is 1.38. The molecule has 1 spiro atoms. The summed E-state index contributed by atoms with van der Waals surface area (Å²) < 4.78 is 8.13. The Labute approximate surface area is 204 Å². The number of aliphatic hydroxyl groups is 1. The minimum absolute atomic E-state index is 0.0443. The molecular formula is C26H30N6O3. The predicted molar refractivity (Wildman–Crippen MR) is 129 cm³/mol.